The van der Waals surface area contributed by atoms with E-state index in [2.05, 4.69) is 10.4 Å². The highest BCUT2D eigenvalue weighted by Gasteiger charge is 2.18. The van der Waals surface area contributed by atoms with Crippen LogP contribution in [0.15, 0.2) is 12.1 Å². The second-order valence-corrected chi connectivity index (χ2v) is 5.89. The number of anilines is 1. The number of halogens is 1. The number of hydrogen-bond acceptors (Lipinski definition) is 6. The molecule has 0 fully saturated rings. The summed E-state index contributed by atoms with van der Waals surface area (Å²) in [6.45, 7) is 3.16. The number of carbonyl (C=O) groups excluding carboxylic acids is 2. The minimum absolute atomic E-state index is 0.147. The van der Waals surface area contributed by atoms with Gasteiger partial charge in [0.2, 0.25) is 0 Å². The number of nitrogens with one attached hydrogen (secondary N) is 1. The molecule has 0 unspecified atom stereocenters. The minimum Gasteiger partial charge on any atom is -0.493 e. The quantitative estimate of drug-likeness (QED) is 0.773. The van der Waals surface area contributed by atoms with Crippen molar-refractivity contribution in [2.24, 2.45) is 7.05 Å². The monoisotopic (exact) mass is 381 g/mol. The molecule has 9 heteroatoms. The van der Waals surface area contributed by atoms with Gasteiger partial charge in [-0.25, -0.2) is 4.79 Å². The minimum atomic E-state index is -0.706. The van der Waals surface area contributed by atoms with Gasteiger partial charge in [-0.1, -0.05) is 11.6 Å². The van der Waals surface area contributed by atoms with Gasteiger partial charge in [-0.05, 0) is 26.0 Å². The third kappa shape index (κ3) is 4.08. The molecule has 0 saturated heterocycles. The first-order valence-corrected chi connectivity index (χ1v) is 8.05. The Morgan fingerprint density at radius 2 is 1.92 bits per heavy atom. The van der Waals surface area contributed by atoms with Crippen LogP contribution in [0.3, 0.4) is 0 Å². The Hall–Kier alpha value is -2.74. The van der Waals surface area contributed by atoms with Crippen LogP contribution < -0.4 is 14.8 Å². The molecule has 0 atom stereocenters. The van der Waals surface area contributed by atoms with Crippen LogP contribution in [0.4, 0.5) is 5.69 Å². The normalized spacial score (nSPS) is 10.4. The number of carbonyl (C=O) groups is 2. The number of amides is 1. The van der Waals surface area contributed by atoms with Gasteiger partial charge in [0.05, 0.1) is 41.9 Å². The smallest absolute Gasteiger partial charge is 0.338 e. The molecule has 0 spiro atoms. The fourth-order valence-electron chi connectivity index (χ4n) is 2.38. The van der Waals surface area contributed by atoms with Crippen molar-refractivity contribution in [1.29, 1.82) is 0 Å². The lowest BCUT2D eigenvalue weighted by Crippen LogP contribution is -2.21. The van der Waals surface area contributed by atoms with E-state index in [1.54, 1.807) is 18.7 Å². The van der Waals surface area contributed by atoms with Crippen LogP contribution in [0.5, 0.6) is 11.5 Å². The fourth-order valence-corrected chi connectivity index (χ4v) is 2.67. The zero-order chi connectivity index (χ0) is 19.4. The van der Waals surface area contributed by atoms with Crippen molar-refractivity contribution < 1.29 is 23.8 Å². The first kappa shape index (κ1) is 19.6. The van der Waals surface area contributed by atoms with Gasteiger partial charge in [0.15, 0.2) is 18.1 Å². The summed E-state index contributed by atoms with van der Waals surface area (Å²) < 4.78 is 16.9. The summed E-state index contributed by atoms with van der Waals surface area (Å²) in [7, 11) is 4.64. The van der Waals surface area contributed by atoms with E-state index in [1.165, 1.54) is 26.4 Å². The summed E-state index contributed by atoms with van der Waals surface area (Å²) in [5.41, 5.74) is 2.22. The summed E-state index contributed by atoms with van der Waals surface area (Å²) in [5, 5.41) is 7.09. The van der Waals surface area contributed by atoms with Gasteiger partial charge < -0.3 is 19.5 Å². The molecule has 1 aromatic heterocycles. The van der Waals surface area contributed by atoms with E-state index in [1.807, 2.05) is 6.92 Å². The molecule has 2 aromatic rings. The van der Waals surface area contributed by atoms with E-state index >= 15 is 0 Å². The van der Waals surface area contributed by atoms with E-state index in [0.717, 1.165) is 5.69 Å². The molecule has 0 radical (unpaired) electrons. The zero-order valence-corrected chi connectivity index (χ0v) is 15.9. The number of nitrogens with zero attached hydrogens (tertiary/aromatic N) is 2. The van der Waals surface area contributed by atoms with E-state index in [-0.39, 0.29) is 16.3 Å². The van der Waals surface area contributed by atoms with Gasteiger partial charge in [0.25, 0.3) is 5.91 Å². The van der Waals surface area contributed by atoms with Crippen LogP contribution in [0.2, 0.25) is 5.02 Å². The topological polar surface area (TPSA) is 91.7 Å². The third-order valence-electron chi connectivity index (χ3n) is 3.78. The van der Waals surface area contributed by atoms with Crippen LogP contribution >= 0.6 is 11.6 Å². The number of hydrogen-bond donors (Lipinski definition) is 1. The number of benzene rings is 1. The molecule has 8 nitrogen and oxygen atoms in total. The largest absolute Gasteiger partial charge is 0.493 e. The number of ether oxygens (including phenoxy) is 3. The van der Waals surface area contributed by atoms with E-state index < -0.39 is 18.5 Å². The molecular weight excluding hydrogens is 362 g/mol. The lowest BCUT2D eigenvalue weighted by molar-refractivity contribution is -0.119. The first-order valence-electron chi connectivity index (χ1n) is 7.67. The molecule has 0 bridgehead atoms. The maximum absolute atomic E-state index is 12.2. The van der Waals surface area contributed by atoms with Gasteiger partial charge in [0.1, 0.15) is 0 Å². The second-order valence-electron chi connectivity index (χ2n) is 5.49. The molecule has 0 aliphatic heterocycles. The lowest BCUT2D eigenvalue weighted by atomic mass is 10.2. The Balaban J connectivity index is 2.04. The van der Waals surface area contributed by atoms with Gasteiger partial charge in [0, 0.05) is 7.05 Å². The van der Waals surface area contributed by atoms with Gasteiger partial charge in [-0.2, -0.15) is 5.10 Å². The molecular formula is C17H20ClN3O5. The standard InChI is InChI=1S/C17H20ClN3O5/c1-9-15(10(2)21(3)20-9)19-14(22)8-26-17(23)11-6-12(18)16(25-5)13(7-11)24-4/h6-7H,8H2,1-5H3,(H,19,22). The molecule has 1 aromatic carbocycles. The second kappa shape index (κ2) is 8.09. The highest BCUT2D eigenvalue weighted by Crippen LogP contribution is 2.36. The van der Waals surface area contributed by atoms with Crippen molar-refractivity contribution in [2.75, 3.05) is 26.1 Å². The maximum Gasteiger partial charge on any atom is 0.338 e. The maximum atomic E-state index is 12.2. The van der Waals surface area contributed by atoms with Crippen molar-refractivity contribution in [3.05, 3.63) is 34.1 Å². The Kier molecular flexibility index (Phi) is 6.10. The van der Waals surface area contributed by atoms with Crippen molar-refractivity contribution >= 4 is 29.2 Å². The van der Waals surface area contributed by atoms with Crippen LogP contribution in [-0.4, -0.2) is 42.5 Å². The molecule has 1 amide bonds. The fraction of sp³-hybridized carbons (Fsp3) is 0.353. The van der Waals surface area contributed by atoms with Crippen LogP contribution in [0.25, 0.3) is 0 Å². The average molecular weight is 382 g/mol. The average Bonchev–Trinajstić information content (AvgIpc) is 2.84. The molecule has 0 saturated carbocycles. The Morgan fingerprint density at radius 3 is 2.46 bits per heavy atom. The number of esters is 1. The SMILES string of the molecule is COc1cc(C(=O)OCC(=O)Nc2c(C)nn(C)c2C)cc(Cl)c1OC. The predicted octanol–water partition coefficient (Wildman–Crippen LogP) is 2.50. The Morgan fingerprint density at radius 1 is 1.23 bits per heavy atom. The molecule has 1 heterocycles. The summed E-state index contributed by atoms with van der Waals surface area (Å²) in [5.74, 6) is -0.573. The number of rotatable bonds is 6. The summed E-state index contributed by atoms with van der Waals surface area (Å²) in [6.07, 6.45) is 0. The van der Waals surface area contributed by atoms with E-state index in [9.17, 15) is 9.59 Å². The van der Waals surface area contributed by atoms with Gasteiger partial charge in [-0.15, -0.1) is 0 Å². The number of methoxy groups -OCH3 is 2. The molecule has 140 valence electrons. The molecule has 26 heavy (non-hydrogen) atoms. The van der Waals surface area contributed by atoms with Gasteiger partial charge >= 0.3 is 5.97 Å². The van der Waals surface area contributed by atoms with Crippen LogP contribution in [-0.2, 0) is 16.6 Å². The number of aryl methyl sites for hydroxylation is 2. The van der Waals surface area contributed by atoms with Crippen molar-refractivity contribution in [2.45, 2.75) is 13.8 Å². The highest BCUT2D eigenvalue weighted by atomic mass is 35.5. The molecule has 0 aliphatic rings. The summed E-state index contributed by atoms with van der Waals surface area (Å²) in [6, 6.07) is 2.82. The summed E-state index contributed by atoms with van der Waals surface area (Å²) in [4.78, 5) is 24.2. The molecule has 0 aliphatic carbocycles. The number of aromatic nitrogens is 2. The molecule has 1 N–H and O–H groups in total. The lowest BCUT2D eigenvalue weighted by Gasteiger charge is -2.11. The van der Waals surface area contributed by atoms with Gasteiger partial charge in [-0.3, -0.25) is 9.48 Å². The molecule has 2 rings (SSSR count). The van der Waals surface area contributed by atoms with Crippen molar-refractivity contribution in [3.8, 4) is 11.5 Å². The van der Waals surface area contributed by atoms with E-state index in [0.29, 0.717) is 17.1 Å². The van der Waals surface area contributed by atoms with E-state index in [4.69, 9.17) is 25.8 Å². The van der Waals surface area contributed by atoms with Crippen molar-refractivity contribution in [3.63, 3.8) is 0 Å². The Bertz CT molecular complexity index is 847. The Labute approximate surface area is 156 Å². The highest BCUT2D eigenvalue weighted by molar-refractivity contribution is 6.32. The predicted molar refractivity (Wildman–Crippen MR) is 96.2 cm³/mol. The third-order valence-corrected chi connectivity index (χ3v) is 4.06. The van der Waals surface area contributed by atoms with Crippen molar-refractivity contribution in [1.82, 2.24) is 9.78 Å². The van der Waals surface area contributed by atoms with Crippen LogP contribution in [0, 0.1) is 13.8 Å². The first-order chi connectivity index (χ1) is 12.3. The van der Waals surface area contributed by atoms with Crippen LogP contribution in [0.1, 0.15) is 21.7 Å². The zero-order valence-electron chi connectivity index (χ0n) is 15.2. The summed E-state index contributed by atoms with van der Waals surface area (Å²) >= 11 is 6.06.